The molecule has 1 saturated carbocycles. The van der Waals surface area contributed by atoms with Gasteiger partial charge >= 0.3 is 0 Å². The molecular formula is C16H26N4O2S. The largest absolute Gasteiger partial charge is 0.355 e. The van der Waals surface area contributed by atoms with E-state index in [1.54, 1.807) is 0 Å². The molecule has 0 aliphatic heterocycles. The molecule has 2 amide bonds. The number of thioether (sulfide) groups is 1. The summed E-state index contributed by atoms with van der Waals surface area (Å²) in [5, 5.41) is 6.41. The molecule has 0 radical (unpaired) electrons. The first-order chi connectivity index (χ1) is 11.0. The van der Waals surface area contributed by atoms with Gasteiger partial charge in [0, 0.05) is 31.7 Å². The highest BCUT2D eigenvalue weighted by Gasteiger charge is 2.23. The molecule has 0 spiro atoms. The normalized spacial score (nSPS) is 14.9. The zero-order valence-electron chi connectivity index (χ0n) is 14.1. The Kier molecular flexibility index (Phi) is 6.50. The fourth-order valence-electron chi connectivity index (χ4n) is 2.91. The standard InChI is InChI=1S/C16H26N4O2S/c1-11-12(2)20(14-6-4-5-7-14)16(19-11)23-10-15(22)18-9-8-17-13(3)21/h14H,4-10H2,1-3H3,(H,17,21)(H,18,22). The minimum Gasteiger partial charge on any atom is -0.355 e. The zero-order chi connectivity index (χ0) is 16.8. The minimum absolute atomic E-state index is 0.0309. The van der Waals surface area contributed by atoms with Crippen molar-refractivity contribution >= 4 is 23.6 Å². The Balaban J connectivity index is 1.86. The summed E-state index contributed by atoms with van der Waals surface area (Å²) < 4.78 is 2.32. The van der Waals surface area contributed by atoms with Crippen LogP contribution in [0.5, 0.6) is 0 Å². The van der Waals surface area contributed by atoms with Crippen molar-refractivity contribution in [3.8, 4) is 0 Å². The van der Waals surface area contributed by atoms with Crippen molar-refractivity contribution in [1.29, 1.82) is 0 Å². The maximum atomic E-state index is 11.9. The Morgan fingerprint density at radius 3 is 2.52 bits per heavy atom. The molecule has 0 bridgehead atoms. The topological polar surface area (TPSA) is 76.0 Å². The first-order valence-electron chi connectivity index (χ1n) is 8.18. The number of nitrogens with zero attached hydrogens (tertiary/aromatic N) is 2. The van der Waals surface area contributed by atoms with Crippen molar-refractivity contribution in [2.24, 2.45) is 0 Å². The van der Waals surface area contributed by atoms with Gasteiger partial charge in [-0.2, -0.15) is 0 Å². The van der Waals surface area contributed by atoms with Gasteiger partial charge in [0.05, 0.1) is 11.4 Å². The van der Waals surface area contributed by atoms with Gasteiger partial charge in [-0.25, -0.2) is 4.98 Å². The summed E-state index contributed by atoms with van der Waals surface area (Å²) in [6, 6.07) is 0.529. The Hall–Kier alpha value is -1.50. The summed E-state index contributed by atoms with van der Waals surface area (Å²) in [4.78, 5) is 27.3. The molecule has 23 heavy (non-hydrogen) atoms. The van der Waals surface area contributed by atoms with E-state index in [0.29, 0.717) is 24.9 Å². The van der Waals surface area contributed by atoms with Crippen LogP contribution < -0.4 is 10.6 Å². The Morgan fingerprint density at radius 1 is 1.22 bits per heavy atom. The summed E-state index contributed by atoms with van der Waals surface area (Å²) in [7, 11) is 0. The first-order valence-corrected chi connectivity index (χ1v) is 9.17. The molecule has 0 unspecified atom stereocenters. The van der Waals surface area contributed by atoms with E-state index >= 15 is 0 Å². The third-order valence-corrected chi connectivity index (χ3v) is 5.15. The van der Waals surface area contributed by atoms with E-state index in [9.17, 15) is 9.59 Å². The number of nitrogens with one attached hydrogen (secondary N) is 2. The number of carbonyl (C=O) groups is 2. The van der Waals surface area contributed by atoms with Crippen LogP contribution in [0.1, 0.15) is 50.0 Å². The monoisotopic (exact) mass is 338 g/mol. The van der Waals surface area contributed by atoms with E-state index in [-0.39, 0.29) is 11.8 Å². The van der Waals surface area contributed by atoms with Gasteiger partial charge < -0.3 is 15.2 Å². The molecule has 2 N–H and O–H groups in total. The predicted octanol–water partition coefficient (Wildman–Crippen LogP) is 1.96. The predicted molar refractivity (Wildman–Crippen MR) is 91.6 cm³/mol. The molecule has 1 aliphatic carbocycles. The van der Waals surface area contributed by atoms with Crippen LogP contribution in [0.4, 0.5) is 0 Å². The number of aryl methyl sites for hydroxylation is 1. The fraction of sp³-hybridized carbons (Fsp3) is 0.688. The van der Waals surface area contributed by atoms with Gasteiger partial charge in [-0.05, 0) is 26.7 Å². The van der Waals surface area contributed by atoms with Gasteiger partial charge in [-0.1, -0.05) is 24.6 Å². The summed E-state index contributed by atoms with van der Waals surface area (Å²) in [6.45, 7) is 6.51. The van der Waals surface area contributed by atoms with Crippen molar-refractivity contribution < 1.29 is 9.59 Å². The molecule has 128 valence electrons. The number of carbonyl (C=O) groups excluding carboxylic acids is 2. The van der Waals surface area contributed by atoms with E-state index < -0.39 is 0 Å². The van der Waals surface area contributed by atoms with Gasteiger partial charge in [0.1, 0.15) is 0 Å². The average Bonchev–Trinajstić information content (AvgIpc) is 3.10. The lowest BCUT2D eigenvalue weighted by Crippen LogP contribution is -2.34. The molecule has 6 nitrogen and oxygen atoms in total. The average molecular weight is 338 g/mol. The van der Waals surface area contributed by atoms with Crippen molar-refractivity contribution in [3.05, 3.63) is 11.4 Å². The Morgan fingerprint density at radius 2 is 1.87 bits per heavy atom. The van der Waals surface area contributed by atoms with Gasteiger partial charge in [-0.15, -0.1) is 0 Å². The van der Waals surface area contributed by atoms with E-state index in [2.05, 4.69) is 27.1 Å². The van der Waals surface area contributed by atoms with Crippen LogP contribution in [0.15, 0.2) is 5.16 Å². The van der Waals surface area contributed by atoms with Crippen LogP contribution in [-0.2, 0) is 9.59 Å². The third kappa shape index (κ3) is 4.99. The van der Waals surface area contributed by atoms with Crippen LogP contribution in [0.25, 0.3) is 0 Å². The second-order valence-corrected chi connectivity index (χ2v) is 6.94. The fourth-order valence-corrected chi connectivity index (χ4v) is 3.90. The lowest BCUT2D eigenvalue weighted by atomic mass is 10.2. The molecule has 1 heterocycles. The smallest absolute Gasteiger partial charge is 0.230 e. The van der Waals surface area contributed by atoms with Crippen molar-refractivity contribution in [3.63, 3.8) is 0 Å². The summed E-state index contributed by atoms with van der Waals surface area (Å²) in [5.41, 5.74) is 2.26. The van der Waals surface area contributed by atoms with E-state index in [1.165, 1.54) is 50.1 Å². The molecular weight excluding hydrogens is 312 g/mol. The number of amides is 2. The summed E-state index contributed by atoms with van der Waals surface area (Å²) >= 11 is 1.49. The number of imidazole rings is 1. The quantitative estimate of drug-likeness (QED) is 0.589. The van der Waals surface area contributed by atoms with E-state index in [0.717, 1.165) is 10.9 Å². The lowest BCUT2D eigenvalue weighted by Gasteiger charge is -2.16. The molecule has 1 fully saturated rings. The SMILES string of the molecule is CC(=O)NCCNC(=O)CSc1nc(C)c(C)n1C1CCCC1. The van der Waals surface area contributed by atoms with E-state index in [1.807, 2.05) is 6.92 Å². The van der Waals surface area contributed by atoms with Crippen LogP contribution in [0.2, 0.25) is 0 Å². The minimum atomic E-state index is -0.0850. The number of rotatable bonds is 7. The Labute approximate surface area is 141 Å². The van der Waals surface area contributed by atoms with Crippen molar-refractivity contribution in [2.75, 3.05) is 18.8 Å². The van der Waals surface area contributed by atoms with Crippen molar-refractivity contribution in [2.45, 2.75) is 57.7 Å². The molecule has 0 saturated heterocycles. The highest BCUT2D eigenvalue weighted by molar-refractivity contribution is 7.99. The highest BCUT2D eigenvalue weighted by atomic mass is 32.2. The second-order valence-electron chi connectivity index (χ2n) is 6.00. The molecule has 1 aliphatic rings. The third-order valence-electron chi connectivity index (χ3n) is 4.20. The maximum Gasteiger partial charge on any atom is 0.230 e. The van der Waals surface area contributed by atoms with E-state index in [4.69, 9.17) is 0 Å². The van der Waals surface area contributed by atoms with Gasteiger partial charge in [0.15, 0.2) is 5.16 Å². The molecule has 7 heteroatoms. The molecule has 2 rings (SSSR count). The maximum absolute atomic E-state index is 11.9. The zero-order valence-corrected chi connectivity index (χ0v) is 15.0. The van der Waals surface area contributed by atoms with Crippen LogP contribution in [0, 0.1) is 13.8 Å². The van der Waals surface area contributed by atoms with Crippen LogP contribution in [-0.4, -0.2) is 40.2 Å². The highest BCUT2D eigenvalue weighted by Crippen LogP contribution is 2.35. The molecule has 0 aromatic carbocycles. The first kappa shape index (κ1) is 17.8. The van der Waals surface area contributed by atoms with Gasteiger partial charge in [0.2, 0.25) is 11.8 Å². The van der Waals surface area contributed by atoms with Crippen LogP contribution in [0.3, 0.4) is 0 Å². The van der Waals surface area contributed by atoms with Gasteiger partial charge in [-0.3, -0.25) is 9.59 Å². The van der Waals surface area contributed by atoms with Crippen LogP contribution >= 0.6 is 11.8 Å². The number of hydrogen-bond donors (Lipinski definition) is 2. The summed E-state index contributed by atoms with van der Waals surface area (Å²) in [6.07, 6.45) is 4.95. The number of hydrogen-bond acceptors (Lipinski definition) is 4. The summed E-state index contributed by atoms with van der Waals surface area (Å²) in [5.74, 6) is 0.234. The molecule has 1 aromatic heterocycles. The van der Waals surface area contributed by atoms with Crippen molar-refractivity contribution in [1.82, 2.24) is 20.2 Å². The molecule has 0 atom stereocenters. The second kappa shape index (κ2) is 8.38. The number of aromatic nitrogens is 2. The molecule has 1 aromatic rings. The lowest BCUT2D eigenvalue weighted by molar-refractivity contribution is -0.120. The van der Waals surface area contributed by atoms with Gasteiger partial charge in [0.25, 0.3) is 0 Å². The Bertz CT molecular complexity index is 565.